The number of ether oxygens (including phenoxy) is 2. The maximum atomic E-state index is 11.5. The van der Waals surface area contributed by atoms with Crippen molar-refractivity contribution in [1.29, 1.82) is 0 Å². The van der Waals surface area contributed by atoms with Crippen LogP contribution >= 0.6 is 0 Å². The van der Waals surface area contributed by atoms with Crippen molar-refractivity contribution in [2.45, 2.75) is 6.42 Å². The Morgan fingerprint density at radius 2 is 1.95 bits per heavy atom. The number of methoxy groups -OCH3 is 2. The molecule has 3 rings (SSSR count). The topological polar surface area (TPSA) is 51.3 Å². The lowest BCUT2D eigenvalue weighted by Crippen LogP contribution is -2.03. The van der Waals surface area contributed by atoms with Crippen LogP contribution in [0.3, 0.4) is 0 Å². The van der Waals surface area contributed by atoms with Crippen LogP contribution in [0.25, 0.3) is 22.0 Å². The van der Waals surface area contributed by atoms with Gasteiger partial charge in [-0.1, -0.05) is 24.3 Å². The molecule has 112 valence electrons. The molecular formula is C18H17NO3. The van der Waals surface area contributed by atoms with E-state index in [2.05, 4.69) is 11.1 Å². The number of fused-ring (bicyclic) bond motifs is 1. The molecule has 0 saturated heterocycles. The van der Waals surface area contributed by atoms with E-state index in [1.54, 1.807) is 7.11 Å². The fraction of sp³-hybridized carbons (Fsp3) is 0.167. The smallest absolute Gasteiger partial charge is 0.310 e. The summed E-state index contributed by atoms with van der Waals surface area (Å²) in [6, 6.07) is 14.0. The SMILES string of the molecule is COC(=O)Cc1c[nH]c2ccc(-c3ccccc3OC)cc12. The Labute approximate surface area is 128 Å². The molecule has 0 amide bonds. The van der Waals surface area contributed by atoms with E-state index < -0.39 is 0 Å². The Balaban J connectivity index is 2.08. The molecule has 1 aromatic heterocycles. The molecule has 22 heavy (non-hydrogen) atoms. The molecule has 0 bridgehead atoms. The van der Waals surface area contributed by atoms with Gasteiger partial charge < -0.3 is 14.5 Å². The quantitative estimate of drug-likeness (QED) is 0.749. The number of rotatable bonds is 4. The molecule has 3 aromatic rings. The molecule has 0 atom stereocenters. The highest BCUT2D eigenvalue weighted by Gasteiger charge is 2.11. The molecule has 0 aliphatic carbocycles. The summed E-state index contributed by atoms with van der Waals surface area (Å²) in [7, 11) is 3.06. The molecule has 0 unspecified atom stereocenters. The van der Waals surface area contributed by atoms with E-state index >= 15 is 0 Å². The summed E-state index contributed by atoms with van der Waals surface area (Å²) in [4.78, 5) is 14.7. The summed E-state index contributed by atoms with van der Waals surface area (Å²) in [5.41, 5.74) is 4.00. The van der Waals surface area contributed by atoms with E-state index in [1.807, 2.05) is 42.6 Å². The second-order valence-corrected chi connectivity index (χ2v) is 5.03. The number of hydrogen-bond acceptors (Lipinski definition) is 3. The molecular weight excluding hydrogens is 278 g/mol. The third kappa shape index (κ3) is 2.55. The van der Waals surface area contributed by atoms with Crippen molar-refractivity contribution in [2.75, 3.05) is 14.2 Å². The molecule has 0 aliphatic heterocycles. The van der Waals surface area contributed by atoms with Crippen LogP contribution in [0.15, 0.2) is 48.7 Å². The van der Waals surface area contributed by atoms with E-state index in [0.29, 0.717) is 0 Å². The van der Waals surface area contributed by atoms with Gasteiger partial charge in [-0.3, -0.25) is 4.79 Å². The maximum Gasteiger partial charge on any atom is 0.310 e. The minimum absolute atomic E-state index is 0.247. The second kappa shape index (κ2) is 5.93. The van der Waals surface area contributed by atoms with Crippen molar-refractivity contribution in [2.24, 2.45) is 0 Å². The van der Waals surface area contributed by atoms with Gasteiger partial charge in [0, 0.05) is 22.7 Å². The Bertz CT molecular complexity index is 820. The van der Waals surface area contributed by atoms with Gasteiger partial charge >= 0.3 is 5.97 Å². The molecule has 2 aromatic carbocycles. The highest BCUT2D eigenvalue weighted by atomic mass is 16.5. The van der Waals surface area contributed by atoms with Gasteiger partial charge in [0.1, 0.15) is 5.75 Å². The molecule has 1 heterocycles. The lowest BCUT2D eigenvalue weighted by Gasteiger charge is -2.08. The second-order valence-electron chi connectivity index (χ2n) is 5.03. The first-order chi connectivity index (χ1) is 10.7. The van der Waals surface area contributed by atoms with E-state index in [4.69, 9.17) is 9.47 Å². The summed E-state index contributed by atoms with van der Waals surface area (Å²) in [5.74, 6) is 0.579. The maximum absolute atomic E-state index is 11.5. The van der Waals surface area contributed by atoms with Gasteiger partial charge in [-0.2, -0.15) is 0 Å². The lowest BCUT2D eigenvalue weighted by atomic mass is 10.0. The summed E-state index contributed by atoms with van der Waals surface area (Å²) in [6.07, 6.45) is 2.11. The van der Waals surface area contributed by atoms with Crippen LogP contribution in [-0.2, 0) is 16.0 Å². The zero-order valence-corrected chi connectivity index (χ0v) is 12.6. The third-order valence-electron chi connectivity index (χ3n) is 3.75. The first-order valence-corrected chi connectivity index (χ1v) is 7.03. The van der Waals surface area contributed by atoms with E-state index in [-0.39, 0.29) is 12.4 Å². The number of H-pyrrole nitrogens is 1. The average Bonchev–Trinajstić information content (AvgIpc) is 2.96. The van der Waals surface area contributed by atoms with Crippen molar-refractivity contribution in [3.63, 3.8) is 0 Å². The number of aromatic nitrogens is 1. The predicted molar refractivity (Wildman–Crippen MR) is 86.0 cm³/mol. The number of nitrogens with one attached hydrogen (secondary N) is 1. The van der Waals surface area contributed by atoms with Crippen LogP contribution in [0.4, 0.5) is 0 Å². The number of benzene rings is 2. The van der Waals surface area contributed by atoms with Crippen LogP contribution in [0.5, 0.6) is 5.75 Å². The average molecular weight is 295 g/mol. The highest BCUT2D eigenvalue weighted by Crippen LogP contribution is 2.32. The number of carbonyl (C=O) groups is 1. The van der Waals surface area contributed by atoms with Crippen molar-refractivity contribution in [3.05, 3.63) is 54.2 Å². The van der Waals surface area contributed by atoms with Gasteiger partial charge in [0.2, 0.25) is 0 Å². The summed E-state index contributed by atoms with van der Waals surface area (Å²) < 4.78 is 10.2. The van der Waals surface area contributed by atoms with Crippen LogP contribution in [0, 0.1) is 0 Å². The molecule has 0 radical (unpaired) electrons. The standard InChI is InChI=1S/C18H17NO3/c1-21-17-6-4-3-5-14(17)12-7-8-16-15(9-12)13(11-19-16)10-18(20)22-2/h3-9,11,19H,10H2,1-2H3. The van der Waals surface area contributed by atoms with Gasteiger partial charge in [0.05, 0.1) is 20.6 Å². The molecule has 0 spiro atoms. The van der Waals surface area contributed by atoms with E-state index in [1.165, 1.54) is 7.11 Å². The van der Waals surface area contributed by atoms with Crippen molar-refractivity contribution >= 4 is 16.9 Å². The number of aromatic amines is 1. The molecule has 0 saturated carbocycles. The van der Waals surface area contributed by atoms with Crippen molar-refractivity contribution in [3.8, 4) is 16.9 Å². The fourth-order valence-corrected chi connectivity index (χ4v) is 2.60. The first kappa shape index (κ1) is 14.2. The van der Waals surface area contributed by atoms with Crippen LogP contribution < -0.4 is 4.74 Å². The largest absolute Gasteiger partial charge is 0.496 e. The van der Waals surface area contributed by atoms with E-state index in [0.717, 1.165) is 33.3 Å². The van der Waals surface area contributed by atoms with Crippen molar-refractivity contribution in [1.82, 2.24) is 4.98 Å². The van der Waals surface area contributed by atoms with Gasteiger partial charge in [-0.25, -0.2) is 0 Å². The van der Waals surface area contributed by atoms with Crippen LogP contribution in [-0.4, -0.2) is 25.2 Å². The molecule has 4 heteroatoms. The Kier molecular flexibility index (Phi) is 3.83. The third-order valence-corrected chi connectivity index (χ3v) is 3.75. The van der Waals surface area contributed by atoms with Gasteiger partial charge in [-0.15, -0.1) is 0 Å². The normalized spacial score (nSPS) is 10.6. The summed E-state index contributed by atoms with van der Waals surface area (Å²) in [6.45, 7) is 0. The number of esters is 1. The number of para-hydroxylation sites is 1. The van der Waals surface area contributed by atoms with Gasteiger partial charge in [0.15, 0.2) is 0 Å². The fourth-order valence-electron chi connectivity index (χ4n) is 2.60. The summed E-state index contributed by atoms with van der Waals surface area (Å²) >= 11 is 0. The zero-order chi connectivity index (χ0) is 15.5. The van der Waals surface area contributed by atoms with Crippen LogP contribution in [0.2, 0.25) is 0 Å². The minimum atomic E-state index is -0.247. The molecule has 1 N–H and O–H groups in total. The minimum Gasteiger partial charge on any atom is -0.496 e. The van der Waals surface area contributed by atoms with Gasteiger partial charge in [0.25, 0.3) is 0 Å². The Morgan fingerprint density at radius 3 is 2.73 bits per heavy atom. The Hall–Kier alpha value is -2.75. The molecule has 4 nitrogen and oxygen atoms in total. The van der Waals surface area contributed by atoms with Gasteiger partial charge in [-0.05, 0) is 29.3 Å². The zero-order valence-electron chi connectivity index (χ0n) is 12.6. The highest BCUT2D eigenvalue weighted by molar-refractivity contribution is 5.91. The lowest BCUT2D eigenvalue weighted by molar-refractivity contribution is -0.139. The predicted octanol–water partition coefficient (Wildman–Crippen LogP) is 3.56. The molecule has 0 aliphatic rings. The number of hydrogen-bond donors (Lipinski definition) is 1. The first-order valence-electron chi connectivity index (χ1n) is 7.03. The number of carbonyl (C=O) groups excluding carboxylic acids is 1. The summed E-state index contributed by atoms with van der Waals surface area (Å²) in [5, 5.41) is 1.02. The Morgan fingerprint density at radius 1 is 1.14 bits per heavy atom. The monoisotopic (exact) mass is 295 g/mol. The van der Waals surface area contributed by atoms with Crippen LogP contribution in [0.1, 0.15) is 5.56 Å². The molecule has 0 fully saturated rings. The van der Waals surface area contributed by atoms with E-state index in [9.17, 15) is 4.79 Å². The van der Waals surface area contributed by atoms with Crippen molar-refractivity contribution < 1.29 is 14.3 Å².